The van der Waals surface area contributed by atoms with Gasteiger partial charge < -0.3 is 19.3 Å². The summed E-state index contributed by atoms with van der Waals surface area (Å²) in [4.78, 5) is 57.9. The van der Waals surface area contributed by atoms with E-state index < -0.39 is 24.1 Å². The number of amides is 2. The summed E-state index contributed by atoms with van der Waals surface area (Å²) in [6.45, 7) is 5.46. The highest BCUT2D eigenvalue weighted by Crippen LogP contribution is 2.10. The second kappa shape index (κ2) is 13.0. The summed E-state index contributed by atoms with van der Waals surface area (Å²) in [5, 5.41) is 0. The van der Waals surface area contributed by atoms with Crippen molar-refractivity contribution in [3.63, 3.8) is 0 Å². The molecule has 0 atom stereocenters. The van der Waals surface area contributed by atoms with E-state index in [2.05, 4.69) is 9.80 Å². The molecular weight excluding hydrogens is 476 g/mol. The Labute approximate surface area is 216 Å². The van der Waals surface area contributed by atoms with E-state index in [-0.39, 0.29) is 0 Å². The average Bonchev–Trinajstić information content (AvgIpc) is 2.92. The van der Waals surface area contributed by atoms with Gasteiger partial charge in [-0.1, -0.05) is 36.4 Å². The maximum Gasteiger partial charge on any atom is 0.417 e. The van der Waals surface area contributed by atoms with Crippen LogP contribution in [-0.4, -0.2) is 109 Å². The summed E-state index contributed by atoms with van der Waals surface area (Å²) < 4.78 is 10.3. The molecule has 2 heterocycles. The van der Waals surface area contributed by atoms with Crippen molar-refractivity contribution < 1.29 is 28.7 Å². The SMILES string of the molecule is O=C(OC(=O)N1CCN2CCCN(CC1)CCN(C(=O)OC(=O)c1ccccc1)CC2)c1ccccc1. The van der Waals surface area contributed by atoms with Crippen LogP contribution in [0.5, 0.6) is 0 Å². The first-order chi connectivity index (χ1) is 18.0. The molecule has 0 aromatic heterocycles. The number of carbonyl (C=O) groups excluding carboxylic acids is 4. The Balaban J connectivity index is 1.37. The van der Waals surface area contributed by atoms with Crippen molar-refractivity contribution in [1.29, 1.82) is 0 Å². The molecule has 196 valence electrons. The summed E-state index contributed by atoms with van der Waals surface area (Å²) in [6.07, 6.45) is -0.347. The zero-order valence-corrected chi connectivity index (χ0v) is 20.8. The Morgan fingerprint density at radius 1 is 0.486 bits per heavy atom. The number of hydrogen-bond donors (Lipinski definition) is 0. The summed E-state index contributed by atoms with van der Waals surface area (Å²) in [5.41, 5.74) is 0.652. The Kier molecular flexibility index (Phi) is 9.23. The Morgan fingerprint density at radius 3 is 1.19 bits per heavy atom. The third kappa shape index (κ3) is 7.61. The van der Waals surface area contributed by atoms with Gasteiger partial charge in [0.1, 0.15) is 0 Å². The molecule has 2 aromatic carbocycles. The molecule has 10 nitrogen and oxygen atoms in total. The highest BCUT2D eigenvalue weighted by molar-refractivity contribution is 5.97. The molecule has 0 aliphatic carbocycles. The molecule has 2 aromatic rings. The number of ether oxygens (including phenoxy) is 2. The van der Waals surface area contributed by atoms with E-state index in [1.807, 2.05) is 0 Å². The first-order valence-corrected chi connectivity index (χ1v) is 12.6. The first kappa shape index (κ1) is 26.3. The van der Waals surface area contributed by atoms with Crippen molar-refractivity contribution in [2.24, 2.45) is 0 Å². The number of nitrogens with zero attached hydrogens (tertiary/aromatic N) is 4. The number of carbonyl (C=O) groups is 4. The summed E-state index contributed by atoms with van der Waals surface area (Å²) in [6, 6.07) is 16.9. The summed E-state index contributed by atoms with van der Waals surface area (Å²) >= 11 is 0. The van der Waals surface area contributed by atoms with Crippen molar-refractivity contribution in [1.82, 2.24) is 19.6 Å². The molecule has 0 spiro atoms. The van der Waals surface area contributed by atoms with Crippen LogP contribution in [0.15, 0.2) is 60.7 Å². The van der Waals surface area contributed by atoms with Gasteiger partial charge in [0.25, 0.3) is 0 Å². The normalized spacial score (nSPS) is 20.6. The molecule has 0 unspecified atom stereocenters. The monoisotopic (exact) mass is 508 g/mol. The van der Waals surface area contributed by atoms with E-state index >= 15 is 0 Å². The smallest absolute Gasteiger partial charge is 0.372 e. The lowest BCUT2D eigenvalue weighted by molar-refractivity contribution is 0.0480. The summed E-state index contributed by atoms with van der Waals surface area (Å²) in [5.74, 6) is -1.34. The van der Waals surface area contributed by atoms with E-state index in [0.717, 1.165) is 19.5 Å². The quantitative estimate of drug-likeness (QED) is 0.451. The standard InChI is InChI=1S/C27H32N4O6/c32-24(22-8-3-1-4-9-22)36-26(34)30-18-14-28-12-7-13-29(15-19-30)17-21-31(20-16-28)27(35)37-25(33)23-10-5-2-6-11-23/h1-6,8-11H,7,12-21H2. The number of esters is 2. The molecule has 2 amide bonds. The van der Waals surface area contributed by atoms with E-state index in [4.69, 9.17) is 9.47 Å². The topological polar surface area (TPSA) is 99.7 Å². The third-order valence-corrected chi connectivity index (χ3v) is 6.59. The van der Waals surface area contributed by atoms with Gasteiger partial charge >= 0.3 is 24.1 Å². The van der Waals surface area contributed by atoms with Crippen LogP contribution < -0.4 is 0 Å². The van der Waals surface area contributed by atoms with Crippen molar-refractivity contribution in [3.05, 3.63) is 71.8 Å². The van der Waals surface area contributed by atoms with Crippen LogP contribution in [0.4, 0.5) is 9.59 Å². The predicted octanol–water partition coefficient (Wildman–Crippen LogP) is 2.57. The predicted molar refractivity (Wildman–Crippen MR) is 135 cm³/mol. The molecule has 0 N–H and O–H groups in total. The second-order valence-corrected chi connectivity index (χ2v) is 9.05. The fraction of sp³-hybridized carbons (Fsp3) is 0.407. The van der Waals surface area contributed by atoms with E-state index in [0.29, 0.717) is 63.5 Å². The molecule has 2 aliphatic rings. The van der Waals surface area contributed by atoms with Gasteiger partial charge in [-0.25, -0.2) is 19.2 Å². The van der Waals surface area contributed by atoms with Gasteiger partial charge in [0.05, 0.1) is 11.1 Å². The molecular formula is C27H32N4O6. The van der Waals surface area contributed by atoms with Crippen molar-refractivity contribution in [2.45, 2.75) is 6.42 Å². The van der Waals surface area contributed by atoms with Crippen LogP contribution in [-0.2, 0) is 9.47 Å². The first-order valence-electron chi connectivity index (χ1n) is 12.6. The molecule has 0 saturated carbocycles. The molecule has 2 bridgehead atoms. The largest absolute Gasteiger partial charge is 0.417 e. The van der Waals surface area contributed by atoms with E-state index in [1.54, 1.807) is 70.5 Å². The van der Waals surface area contributed by atoms with Crippen LogP contribution in [0.3, 0.4) is 0 Å². The van der Waals surface area contributed by atoms with Crippen molar-refractivity contribution >= 4 is 24.1 Å². The van der Waals surface area contributed by atoms with Crippen LogP contribution in [0, 0.1) is 0 Å². The Morgan fingerprint density at radius 2 is 0.838 bits per heavy atom. The fourth-order valence-corrected chi connectivity index (χ4v) is 4.38. The van der Waals surface area contributed by atoms with Gasteiger partial charge in [-0.15, -0.1) is 0 Å². The molecule has 2 saturated heterocycles. The minimum absolute atomic E-state index is 0.326. The fourth-order valence-electron chi connectivity index (χ4n) is 4.38. The molecule has 10 heteroatoms. The third-order valence-electron chi connectivity index (χ3n) is 6.59. The minimum atomic E-state index is -0.670. The van der Waals surface area contributed by atoms with Crippen LogP contribution in [0.25, 0.3) is 0 Å². The maximum atomic E-state index is 12.8. The van der Waals surface area contributed by atoms with Gasteiger partial charge in [-0.3, -0.25) is 9.80 Å². The van der Waals surface area contributed by atoms with Crippen LogP contribution in [0.1, 0.15) is 27.1 Å². The number of hydrogen-bond acceptors (Lipinski definition) is 8. The van der Waals surface area contributed by atoms with Gasteiger partial charge in [0.15, 0.2) is 0 Å². The van der Waals surface area contributed by atoms with Crippen molar-refractivity contribution in [2.75, 3.05) is 65.4 Å². The lowest BCUT2D eigenvalue weighted by Gasteiger charge is -2.36. The van der Waals surface area contributed by atoms with Gasteiger partial charge in [-0.05, 0) is 43.8 Å². The van der Waals surface area contributed by atoms with Gasteiger partial charge in [0, 0.05) is 52.4 Å². The highest BCUT2D eigenvalue weighted by Gasteiger charge is 2.26. The maximum absolute atomic E-state index is 12.8. The molecule has 0 radical (unpaired) electrons. The number of benzene rings is 2. The van der Waals surface area contributed by atoms with Gasteiger partial charge in [0.2, 0.25) is 0 Å². The molecule has 4 rings (SSSR count). The number of rotatable bonds is 2. The van der Waals surface area contributed by atoms with Crippen LogP contribution in [0.2, 0.25) is 0 Å². The zero-order valence-electron chi connectivity index (χ0n) is 20.8. The van der Waals surface area contributed by atoms with Crippen molar-refractivity contribution in [3.8, 4) is 0 Å². The highest BCUT2D eigenvalue weighted by atomic mass is 16.6. The zero-order chi connectivity index (χ0) is 26.0. The Bertz CT molecular complexity index is 979. The summed E-state index contributed by atoms with van der Waals surface area (Å²) in [7, 11) is 0. The van der Waals surface area contributed by atoms with Gasteiger partial charge in [-0.2, -0.15) is 0 Å². The second-order valence-electron chi connectivity index (χ2n) is 9.05. The van der Waals surface area contributed by atoms with E-state index in [9.17, 15) is 19.2 Å². The molecule has 37 heavy (non-hydrogen) atoms. The lowest BCUT2D eigenvalue weighted by Crippen LogP contribution is -2.51. The molecule has 2 fully saturated rings. The minimum Gasteiger partial charge on any atom is -0.372 e. The average molecular weight is 509 g/mol. The molecule has 2 aliphatic heterocycles. The van der Waals surface area contributed by atoms with Crippen LogP contribution >= 0.6 is 0 Å². The Hall–Kier alpha value is -3.76. The number of fused-ring (bicyclic) bond motifs is 4. The van der Waals surface area contributed by atoms with E-state index in [1.165, 1.54) is 0 Å². The lowest BCUT2D eigenvalue weighted by atomic mass is 10.2.